The number of rotatable bonds is 20. The molecular formula is C57H66FN11O8S. The van der Waals surface area contributed by atoms with Crippen molar-refractivity contribution < 1.29 is 42.9 Å². The first-order chi connectivity index (χ1) is 37.4. The molecule has 2 aliphatic heterocycles. The number of β-amino-alcohol motifs (C(OH)–C–C–N with tert-alkyl or cyclic N) is 1. The summed E-state index contributed by atoms with van der Waals surface area (Å²) in [5.74, 6) is -1.63. The van der Waals surface area contributed by atoms with Crippen LogP contribution < -0.4 is 30.9 Å². The normalized spacial score (nSPS) is 17.7. The monoisotopic (exact) mass is 1080 g/mol. The van der Waals surface area contributed by atoms with Crippen molar-refractivity contribution in [2.24, 2.45) is 5.41 Å². The van der Waals surface area contributed by atoms with Crippen LogP contribution in [0.2, 0.25) is 0 Å². The second kappa shape index (κ2) is 24.0. The van der Waals surface area contributed by atoms with Gasteiger partial charge in [0.05, 0.1) is 60.3 Å². The van der Waals surface area contributed by atoms with Gasteiger partial charge in [-0.25, -0.2) is 14.1 Å². The largest absolute Gasteiger partial charge is 0.463 e. The highest BCUT2D eigenvalue weighted by Crippen LogP contribution is 2.41. The lowest BCUT2D eigenvalue weighted by Crippen LogP contribution is -2.59. The van der Waals surface area contributed by atoms with Crippen molar-refractivity contribution in [2.75, 3.05) is 56.2 Å². The zero-order valence-corrected chi connectivity index (χ0v) is 45.3. The molecule has 3 aliphatic rings. The number of aryl methyl sites for hydroxylation is 2. The number of nitrogens with one attached hydrogen (secondary N) is 4. The Morgan fingerprint density at radius 2 is 1.65 bits per heavy atom. The van der Waals surface area contributed by atoms with Gasteiger partial charge < -0.3 is 45.6 Å². The molecular weight excluding hydrogens is 1020 g/mol. The van der Waals surface area contributed by atoms with Crippen molar-refractivity contribution >= 4 is 52.4 Å². The molecule has 3 aromatic heterocycles. The maximum absolute atomic E-state index is 14.8. The molecule has 9 rings (SSSR count). The maximum atomic E-state index is 14.8. The number of benzene rings is 3. The number of aromatic nitrogens is 5. The number of carbonyl (C=O) groups is 5. The van der Waals surface area contributed by atoms with E-state index >= 15 is 0 Å². The summed E-state index contributed by atoms with van der Waals surface area (Å²) in [6.07, 6.45) is 1.49. The number of alkyl halides is 1. The van der Waals surface area contributed by atoms with E-state index in [0.29, 0.717) is 55.6 Å². The number of anilines is 2. The molecule has 19 nitrogen and oxygen atoms in total. The van der Waals surface area contributed by atoms with Crippen LogP contribution in [0.5, 0.6) is 6.01 Å². The highest BCUT2D eigenvalue weighted by Gasteiger charge is 2.53. The molecule has 1 aliphatic carbocycles. The van der Waals surface area contributed by atoms with Crippen LogP contribution in [0.15, 0.2) is 96.6 Å². The van der Waals surface area contributed by atoms with Gasteiger partial charge in [-0.05, 0) is 79.5 Å². The Morgan fingerprint density at radius 1 is 0.910 bits per heavy atom. The van der Waals surface area contributed by atoms with E-state index in [4.69, 9.17) is 24.5 Å². The van der Waals surface area contributed by atoms with Gasteiger partial charge in [0.2, 0.25) is 23.6 Å². The maximum Gasteiger partial charge on any atom is 0.320 e. The van der Waals surface area contributed by atoms with Gasteiger partial charge in [0.15, 0.2) is 11.5 Å². The fourth-order valence-electron chi connectivity index (χ4n) is 9.46. The summed E-state index contributed by atoms with van der Waals surface area (Å²) in [4.78, 5) is 85.8. The zero-order valence-electron chi connectivity index (χ0n) is 44.5. The van der Waals surface area contributed by atoms with Gasteiger partial charge in [0.1, 0.15) is 17.9 Å². The van der Waals surface area contributed by atoms with Crippen LogP contribution in [0.3, 0.4) is 0 Å². The molecule has 410 valence electrons. The van der Waals surface area contributed by atoms with Crippen molar-refractivity contribution in [3.8, 4) is 33.5 Å². The van der Waals surface area contributed by atoms with Gasteiger partial charge >= 0.3 is 6.01 Å². The van der Waals surface area contributed by atoms with E-state index in [1.54, 1.807) is 43.1 Å². The molecule has 1 saturated carbocycles. The molecule has 5 amide bonds. The number of hydrogen-bond acceptors (Lipinski definition) is 14. The number of morpholine rings is 1. The number of likely N-dealkylation sites (tertiary alicyclic amines) is 1. The first-order valence-electron chi connectivity index (χ1n) is 26.3. The lowest BCUT2D eigenvalue weighted by Gasteiger charge is -2.36. The van der Waals surface area contributed by atoms with Crippen molar-refractivity contribution in [2.45, 2.75) is 103 Å². The summed E-state index contributed by atoms with van der Waals surface area (Å²) in [6.45, 7) is 11.5. The van der Waals surface area contributed by atoms with Crippen LogP contribution in [0.4, 0.5) is 15.9 Å². The smallest absolute Gasteiger partial charge is 0.320 e. The van der Waals surface area contributed by atoms with E-state index in [1.807, 2.05) is 86.8 Å². The molecule has 3 fully saturated rings. The predicted molar refractivity (Wildman–Crippen MR) is 293 cm³/mol. The number of hydrogen-bond donors (Lipinski definition) is 5. The summed E-state index contributed by atoms with van der Waals surface area (Å²) in [5, 5.41) is 26.7. The van der Waals surface area contributed by atoms with E-state index in [1.165, 1.54) is 16.2 Å². The minimum absolute atomic E-state index is 0.0651. The summed E-state index contributed by atoms with van der Waals surface area (Å²) < 4.78 is 28.2. The lowest BCUT2D eigenvalue weighted by molar-refractivity contribution is -0.145. The van der Waals surface area contributed by atoms with E-state index in [9.17, 15) is 33.5 Å². The van der Waals surface area contributed by atoms with Crippen molar-refractivity contribution in [3.05, 3.63) is 119 Å². The minimum atomic E-state index is -2.02. The first-order valence-corrected chi connectivity index (χ1v) is 27.2. The van der Waals surface area contributed by atoms with Crippen molar-refractivity contribution in [1.82, 2.24) is 45.6 Å². The minimum Gasteiger partial charge on any atom is -0.463 e. The molecule has 3 aromatic carbocycles. The topological polar surface area (TPSA) is 235 Å². The lowest BCUT2D eigenvalue weighted by atomic mass is 9.85. The number of aliphatic hydroxyl groups is 1. The van der Waals surface area contributed by atoms with Gasteiger partial charge in [-0.3, -0.25) is 24.0 Å². The summed E-state index contributed by atoms with van der Waals surface area (Å²) in [7, 11) is 0. The van der Waals surface area contributed by atoms with Gasteiger partial charge in [0, 0.05) is 62.4 Å². The third-order valence-electron chi connectivity index (χ3n) is 14.1. The Hall–Kier alpha value is -7.62. The number of halogens is 1. The molecule has 2 saturated heterocycles. The molecule has 0 bridgehead atoms. The third kappa shape index (κ3) is 13.7. The van der Waals surface area contributed by atoms with E-state index < -0.39 is 64.8 Å². The summed E-state index contributed by atoms with van der Waals surface area (Å²) in [5.41, 5.74) is 5.82. The Morgan fingerprint density at radius 3 is 2.35 bits per heavy atom. The highest BCUT2D eigenvalue weighted by molar-refractivity contribution is 7.13. The summed E-state index contributed by atoms with van der Waals surface area (Å²) >= 11 is 1.50. The van der Waals surface area contributed by atoms with Crippen LogP contribution in [0.25, 0.3) is 27.5 Å². The molecule has 0 spiro atoms. The predicted octanol–water partition coefficient (Wildman–Crippen LogP) is 6.21. The van der Waals surface area contributed by atoms with Crippen LogP contribution in [0, 0.1) is 19.3 Å². The number of thiazole rings is 1. The van der Waals surface area contributed by atoms with Gasteiger partial charge in [0.25, 0.3) is 5.91 Å². The van der Waals surface area contributed by atoms with Crippen LogP contribution in [0.1, 0.15) is 81.3 Å². The third-order valence-corrected chi connectivity index (χ3v) is 15.1. The number of amides is 5. The zero-order chi connectivity index (χ0) is 55.1. The first kappa shape index (κ1) is 55.1. The molecule has 5 N–H and O–H groups in total. The van der Waals surface area contributed by atoms with Gasteiger partial charge in [-0.2, -0.15) is 15.1 Å². The fraction of sp³-hybridized carbons (Fsp3) is 0.421. The molecule has 21 heteroatoms. The van der Waals surface area contributed by atoms with Crippen molar-refractivity contribution in [1.29, 1.82) is 0 Å². The Balaban J connectivity index is 0.789. The molecule has 78 heavy (non-hydrogen) atoms. The van der Waals surface area contributed by atoms with Gasteiger partial charge in [-0.15, -0.1) is 11.3 Å². The van der Waals surface area contributed by atoms with E-state index in [2.05, 4.69) is 37.2 Å². The quantitative estimate of drug-likeness (QED) is 0.0573. The number of carbonyl (C=O) groups excluding carboxylic acids is 5. The van der Waals surface area contributed by atoms with Crippen LogP contribution in [-0.2, 0) is 35.1 Å². The fourth-order valence-corrected chi connectivity index (χ4v) is 10.3. The number of aliphatic hydroxyl groups excluding tert-OH is 1. The molecule has 6 aromatic rings. The molecule has 0 radical (unpaired) electrons. The van der Waals surface area contributed by atoms with E-state index in [-0.39, 0.29) is 57.8 Å². The van der Waals surface area contributed by atoms with E-state index in [0.717, 1.165) is 38.5 Å². The SMILES string of the molecule is Cc1cccc(-c2ccn(-c3cc(N4CCOCC4)nc(OCCc4ccc(NC(=O)CNC(=O)CC[C@H](NC(=O)[C@@H]5C[C@@H](O)CN5C(=O)[C@@H](NC(=O)C5(F)CC5)C(C)(C)C)c5ccc(-c6scnc6C)cc5)cc4)n3)n2)c1. The summed E-state index contributed by atoms with van der Waals surface area (Å²) in [6, 6.07) is 24.0. The average molecular weight is 1080 g/mol. The second-order valence-electron chi connectivity index (χ2n) is 21.2. The van der Waals surface area contributed by atoms with Crippen LogP contribution >= 0.6 is 11.3 Å². The van der Waals surface area contributed by atoms with Crippen LogP contribution in [-0.4, -0.2) is 134 Å². The van der Waals surface area contributed by atoms with Crippen molar-refractivity contribution in [3.63, 3.8) is 0 Å². The highest BCUT2D eigenvalue weighted by atomic mass is 32.1. The Bertz CT molecular complexity index is 3120. The Kier molecular flexibility index (Phi) is 16.9. The average Bonchev–Trinajstić information content (AvgIpc) is 3.72. The molecule has 5 heterocycles. The second-order valence-corrected chi connectivity index (χ2v) is 22.1. The number of nitrogens with zero attached hydrogens (tertiary/aromatic N) is 7. The molecule has 4 atom stereocenters. The number of ether oxygens (including phenoxy) is 2. The van der Waals surface area contributed by atoms with Gasteiger partial charge in [-0.1, -0.05) is 80.9 Å². The standard InChI is InChI=1S/C57H66FN11O8S/c1-35-7-6-8-40(29-35)44-19-23-69(66-44)47-31-46(67-24-27-76-28-25-67)63-55(64-47)77-26-20-37-9-15-41(16-10-37)61-49(72)32-59-48(71)18-17-43(38-11-13-39(14-12-38)50-36(2)60-34-78-50)62-52(73)45-30-42(70)33-68(45)53(74)51(56(3,4)5)65-54(75)57(58)21-22-57/h6-16,19,23,29,31,34,42-43,45,51,70H,17-18,20-22,24-28,30,32-33H2,1-5H3,(H,59,71)(H,61,72)(H,62,73)(H,65,75)/t42-,43+,45+,51-/m1/s1. The molecule has 0 unspecified atom stereocenters. The Labute approximate surface area is 456 Å².